The van der Waals surface area contributed by atoms with E-state index in [1.807, 2.05) is 24.0 Å². The number of aryl methyl sites for hydroxylation is 1. The van der Waals surface area contributed by atoms with Crippen LogP contribution in [-0.2, 0) is 4.74 Å². The molecular weight excluding hydrogens is 294 g/mol. The second kappa shape index (κ2) is 6.50. The molecule has 7 nitrogen and oxygen atoms in total. The molecule has 1 aliphatic heterocycles. The quantitative estimate of drug-likeness (QED) is 0.899. The number of nitrogens with one attached hydrogen (secondary N) is 2. The van der Waals surface area contributed by atoms with Crippen molar-refractivity contribution in [3.8, 4) is 6.07 Å². The van der Waals surface area contributed by atoms with Crippen LogP contribution in [0.1, 0.15) is 21.5 Å². The van der Waals surface area contributed by atoms with Gasteiger partial charge in [-0.25, -0.2) is 0 Å². The van der Waals surface area contributed by atoms with Gasteiger partial charge in [0.25, 0.3) is 5.91 Å². The topological polar surface area (TPSA) is 94.0 Å². The van der Waals surface area contributed by atoms with Crippen LogP contribution in [0.25, 0.3) is 0 Å². The smallest absolute Gasteiger partial charge is 0.256 e. The molecule has 118 valence electrons. The van der Waals surface area contributed by atoms with Gasteiger partial charge in [-0.2, -0.15) is 10.4 Å². The van der Waals surface area contributed by atoms with Gasteiger partial charge < -0.3 is 15.0 Å². The summed E-state index contributed by atoms with van der Waals surface area (Å²) < 4.78 is 5.30. The molecule has 0 radical (unpaired) electrons. The van der Waals surface area contributed by atoms with Crippen LogP contribution in [0.4, 0.5) is 11.6 Å². The number of morpholine rings is 1. The van der Waals surface area contributed by atoms with Gasteiger partial charge >= 0.3 is 0 Å². The van der Waals surface area contributed by atoms with Crippen LogP contribution in [0.15, 0.2) is 24.3 Å². The molecule has 2 heterocycles. The van der Waals surface area contributed by atoms with Gasteiger partial charge in [-0.3, -0.25) is 9.89 Å². The van der Waals surface area contributed by atoms with E-state index in [-0.39, 0.29) is 5.91 Å². The maximum Gasteiger partial charge on any atom is 0.256 e. The Bertz CT molecular complexity index is 739. The van der Waals surface area contributed by atoms with Crippen molar-refractivity contribution in [2.75, 3.05) is 36.5 Å². The van der Waals surface area contributed by atoms with E-state index in [9.17, 15) is 10.1 Å². The third-order valence-corrected chi connectivity index (χ3v) is 3.72. The van der Waals surface area contributed by atoms with Gasteiger partial charge in [0.15, 0.2) is 5.82 Å². The molecule has 0 bridgehead atoms. The van der Waals surface area contributed by atoms with Crippen molar-refractivity contribution in [3.63, 3.8) is 0 Å². The fourth-order valence-electron chi connectivity index (χ4n) is 2.42. The Morgan fingerprint density at radius 2 is 2.04 bits per heavy atom. The number of benzene rings is 1. The van der Waals surface area contributed by atoms with E-state index in [1.165, 1.54) is 0 Å². The predicted molar refractivity (Wildman–Crippen MR) is 85.5 cm³/mol. The lowest BCUT2D eigenvalue weighted by Crippen LogP contribution is -2.36. The molecule has 2 N–H and O–H groups in total. The number of aromatic nitrogens is 2. The predicted octanol–water partition coefficient (Wildman–Crippen LogP) is 1.68. The minimum Gasteiger partial charge on any atom is -0.378 e. The molecule has 3 rings (SSSR count). The standard InChI is InChI=1S/C16H17N5O2/c1-11-2-4-12(5-3-11)16(22)18-14-13(10-17)15(20-19-14)21-6-8-23-9-7-21/h2-5H,6-9H2,1H3,(H2,18,19,20,22). The first-order valence-corrected chi connectivity index (χ1v) is 7.38. The summed E-state index contributed by atoms with van der Waals surface area (Å²) in [6.07, 6.45) is 0. The van der Waals surface area contributed by atoms with E-state index in [4.69, 9.17) is 4.74 Å². The molecule has 0 atom stereocenters. The molecule has 0 saturated carbocycles. The van der Waals surface area contributed by atoms with Gasteiger partial charge in [0.1, 0.15) is 17.5 Å². The zero-order valence-electron chi connectivity index (χ0n) is 12.8. The molecule has 23 heavy (non-hydrogen) atoms. The maximum atomic E-state index is 12.3. The largest absolute Gasteiger partial charge is 0.378 e. The third kappa shape index (κ3) is 3.17. The first-order chi connectivity index (χ1) is 11.2. The minimum atomic E-state index is -0.279. The molecule has 1 fully saturated rings. The Morgan fingerprint density at radius 3 is 2.70 bits per heavy atom. The van der Waals surface area contributed by atoms with Gasteiger partial charge in [0.05, 0.1) is 13.2 Å². The maximum absolute atomic E-state index is 12.3. The molecule has 1 amide bonds. The first kappa shape index (κ1) is 15.1. The summed E-state index contributed by atoms with van der Waals surface area (Å²) in [5.41, 5.74) is 1.95. The second-order valence-corrected chi connectivity index (χ2v) is 5.33. The summed E-state index contributed by atoms with van der Waals surface area (Å²) in [5, 5.41) is 19.1. The zero-order valence-corrected chi connectivity index (χ0v) is 12.8. The Morgan fingerprint density at radius 1 is 1.35 bits per heavy atom. The van der Waals surface area contributed by atoms with Gasteiger partial charge in [0, 0.05) is 18.7 Å². The normalized spacial score (nSPS) is 14.3. The van der Waals surface area contributed by atoms with Crippen molar-refractivity contribution >= 4 is 17.5 Å². The van der Waals surface area contributed by atoms with E-state index >= 15 is 0 Å². The lowest BCUT2D eigenvalue weighted by molar-refractivity contribution is 0.102. The number of ether oxygens (including phenoxy) is 1. The number of nitrogens with zero attached hydrogens (tertiary/aromatic N) is 3. The zero-order chi connectivity index (χ0) is 16.2. The molecule has 1 saturated heterocycles. The summed E-state index contributed by atoms with van der Waals surface area (Å²) in [6.45, 7) is 4.50. The Balaban J connectivity index is 1.80. The number of aromatic amines is 1. The van der Waals surface area contributed by atoms with Crippen LogP contribution in [0.3, 0.4) is 0 Å². The molecule has 0 spiro atoms. The number of H-pyrrole nitrogens is 1. The second-order valence-electron chi connectivity index (χ2n) is 5.33. The number of carbonyl (C=O) groups excluding carboxylic acids is 1. The molecule has 7 heteroatoms. The van der Waals surface area contributed by atoms with Gasteiger partial charge in [-0.1, -0.05) is 17.7 Å². The molecule has 1 aromatic carbocycles. The van der Waals surface area contributed by atoms with E-state index in [0.717, 1.165) is 5.56 Å². The number of hydrogen-bond acceptors (Lipinski definition) is 5. The van der Waals surface area contributed by atoms with Crippen molar-refractivity contribution in [2.45, 2.75) is 6.92 Å². The van der Waals surface area contributed by atoms with Crippen LogP contribution >= 0.6 is 0 Å². The summed E-state index contributed by atoms with van der Waals surface area (Å²) in [7, 11) is 0. The van der Waals surface area contributed by atoms with Gasteiger partial charge in [0.2, 0.25) is 0 Å². The van der Waals surface area contributed by atoms with Crippen LogP contribution in [0.5, 0.6) is 0 Å². The highest BCUT2D eigenvalue weighted by atomic mass is 16.5. The summed E-state index contributed by atoms with van der Waals surface area (Å²) in [4.78, 5) is 14.2. The minimum absolute atomic E-state index is 0.279. The summed E-state index contributed by atoms with van der Waals surface area (Å²) in [5.74, 6) is 0.591. The fraction of sp³-hybridized carbons (Fsp3) is 0.312. The summed E-state index contributed by atoms with van der Waals surface area (Å²) >= 11 is 0. The van der Waals surface area contributed by atoms with E-state index in [2.05, 4.69) is 21.6 Å². The van der Waals surface area contributed by atoms with Crippen molar-refractivity contribution in [2.24, 2.45) is 0 Å². The Kier molecular flexibility index (Phi) is 4.26. The molecule has 0 aliphatic carbocycles. The molecule has 0 unspecified atom stereocenters. The fourth-order valence-corrected chi connectivity index (χ4v) is 2.42. The van der Waals surface area contributed by atoms with Gasteiger partial charge in [-0.15, -0.1) is 0 Å². The Labute approximate surface area is 133 Å². The number of anilines is 2. The van der Waals surface area contributed by atoms with Crippen LogP contribution in [0, 0.1) is 18.3 Å². The first-order valence-electron chi connectivity index (χ1n) is 7.38. The average molecular weight is 311 g/mol. The molecule has 2 aromatic rings. The van der Waals surface area contributed by atoms with Crippen molar-refractivity contribution in [3.05, 3.63) is 41.0 Å². The van der Waals surface area contributed by atoms with Crippen LogP contribution in [-0.4, -0.2) is 42.4 Å². The highest BCUT2D eigenvalue weighted by Crippen LogP contribution is 2.25. The van der Waals surface area contributed by atoms with E-state index in [1.54, 1.807) is 12.1 Å². The highest BCUT2D eigenvalue weighted by molar-refractivity contribution is 6.04. The highest BCUT2D eigenvalue weighted by Gasteiger charge is 2.22. The van der Waals surface area contributed by atoms with Gasteiger partial charge in [-0.05, 0) is 19.1 Å². The number of carbonyl (C=O) groups is 1. The number of rotatable bonds is 3. The summed E-state index contributed by atoms with van der Waals surface area (Å²) in [6, 6.07) is 9.34. The van der Waals surface area contributed by atoms with Crippen LogP contribution < -0.4 is 10.2 Å². The van der Waals surface area contributed by atoms with E-state index in [0.29, 0.717) is 49.1 Å². The lowest BCUT2D eigenvalue weighted by atomic mass is 10.1. The monoisotopic (exact) mass is 311 g/mol. The lowest BCUT2D eigenvalue weighted by Gasteiger charge is -2.26. The Hall–Kier alpha value is -2.85. The van der Waals surface area contributed by atoms with Crippen molar-refractivity contribution in [1.29, 1.82) is 5.26 Å². The molecule has 1 aromatic heterocycles. The molecule has 1 aliphatic rings. The van der Waals surface area contributed by atoms with Crippen molar-refractivity contribution < 1.29 is 9.53 Å². The number of hydrogen-bond donors (Lipinski definition) is 2. The van der Waals surface area contributed by atoms with Crippen LogP contribution in [0.2, 0.25) is 0 Å². The van der Waals surface area contributed by atoms with E-state index < -0.39 is 0 Å². The number of amides is 1. The SMILES string of the molecule is Cc1ccc(C(=O)Nc2[nH]nc(N3CCOCC3)c2C#N)cc1. The van der Waals surface area contributed by atoms with Crippen molar-refractivity contribution in [1.82, 2.24) is 10.2 Å². The number of nitriles is 1. The average Bonchev–Trinajstić information content (AvgIpc) is 2.98. The third-order valence-electron chi connectivity index (χ3n) is 3.72. The molecular formula is C16H17N5O2.